The molecule has 1 amide bonds. The molecule has 4 N–H and O–H groups in total. The summed E-state index contributed by atoms with van der Waals surface area (Å²) in [5.74, 6) is -0.0735. The Morgan fingerprint density at radius 3 is 2.39 bits per heavy atom. The van der Waals surface area contributed by atoms with E-state index in [-0.39, 0.29) is 35.8 Å². The van der Waals surface area contributed by atoms with Crippen molar-refractivity contribution in [1.29, 1.82) is 0 Å². The molecular weight excluding hydrogens is 421 g/mol. The number of benzene rings is 2. The van der Waals surface area contributed by atoms with E-state index >= 15 is 0 Å². The zero-order chi connectivity index (χ0) is 23.2. The van der Waals surface area contributed by atoms with E-state index in [9.17, 15) is 17.6 Å². The number of aryl methyl sites for hydroxylation is 1. The minimum absolute atomic E-state index is 0.0169. The van der Waals surface area contributed by atoms with Crippen molar-refractivity contribution in [2.75, 3.05) is 20.6 Å². The van der Waals surface area contributed by atoms with Gasteiger partial charge in [0, 0.05) is 14.1 Å². The van der Waals surface area contributed by atoms with Crippen LogP contribution in [0.25, 0.3) is 0 Å². The number of aliphatic imine (C=N–C) groups is 1. The highest BCUT2D eigenvalue weighted by atomic mass is 32.2. The fourth-order valence-corrected chi connectivity index (χ4v) is 3.11. The van der Waals surface area contributed by atoms with Crippen LogP contribution in [-0.2, 0) is 21.4 Å². The van der Waals surface area contributed by atoms with Gasteiger partial charge in [0.05, 0.1) is 24.0 Å². The number of likely N-dealkylation sites (N-methyl/N-ethyl adjacent to an activating group) is 1. The number of nitrogens with two attached hydrogens (primary N) is 1. The van der Waals surface area contributed by atoms with Crippen molar-refractivity contribution in [2.24, 2.45) is 10.1 Å². The Morgan fingerprint density at radius 2 is 1.84 bits per heavy atom. The van der Waals surface area contributed by atoms with Gasteiger partial charge in [-0.15, -0.1) is 0 Å². The lowest BCUT2D eigenvalue weighted by Gasteiger charge is -2.20. The third kappa shape index (κ3) is 7.34. The molecule has 1 atom stereocenters. The van der Waals surface area contributed by atoms with Crippen LogP contribution in [0.4, 0.5) is 4.39 Å². The Morgan fingerprint density at radius 1 is 1.19 bits per heavy atom. The molecule has 0 saturated heterocycles. The van der Waals surface area contributed by atoms with E-state index in [0.29, 0.717) is 11.5 Å². The first-order chi connectivity index (χ1) is 14.5. The number of amides is 1. The third-order valence-corrected chi connectivity index (χ3v) is 5.56. The monoisotopic (exact) mass is 449 g/mol. The average molecular weight is 450 g/mol. The fourth-order valence-electron chi connectivity index (χ4n) is 2.59. The lowest BCUT2D eigenvalue weighted by Crippen LogP contribution is -2.43. The summed E-state index contributed by atoms with van der Waals surface area (Å²) in [6.45, 7) is 3.80. The molecule has 0 aliphatic heterocycles. The summed E-state index contributed by atoms with van der Waals surface area (Å²) in [4.78, 5) is 17.9. The highest BCUT2D eigenvalue weighted by Crippen LogP contribution is 2.16. The molecule has 0 aliphatic carbocycles. The molecule has 8 nitrogen and oxygen atoms in total. The Bertz CT molecular complexity index is 1050. The first-order valence-electron chi connectivity index (χ1n) is 9.60. The topological polar surface area (TPSA) is 117 Å². The minimum Gasteiger partial charge on any atom is -0.350 e. The molecule has 1 unspecified atom stereocenters. The largest absolute Gasteiger partial charge is 0.350 e. The highest BCUT2D eigenvalue weighted by molar-refractivity contribution is 7.89. The quantitative estimate of drug-likeness (QED) is 0.439. The number of carbonyl (C=O) groups excluding carboxylic acids is 1. The molecule has 2 aromatic carbocycles. The van der Waals surface area contributed by atoms with Gasteiger partial charge in [-0.3, -0.25) is 4.79 Å². The lowest BCUT2D eigenvalue weighted by molar-refractivity contribution is -0.127. The molecule has 0 aromatic heterocycles. The standard InChI is InChI=1S/C21H28FN5O3S/c1-14-5-8-17(11-19(14)22)15(2)26-21(25-13-20(28)27(3)4)24-12-16-6-9-18(10-7-16)31(23,29)30/h5-11,15H,12-13H2,1-4H3,(H2,23,29,30)(H2,24,25,26). The van der Waals surface area contributed by atoms with Gasteiger partial charge in [0.25, 0.3) is 0 Å². The van der Waals surface area contributed by atoms with Crippen LogP contribution in [-0.4, -0.2) is 45.8 Å². The molecule has 2 rings (SSSR count). The van der Waals surface area contributed by atoms with Gasteiger partial charge in [-0.2, -0.15) is 0 Å². The maximum Gasteiger partial charge on any atom is 0.241 e. The van der Waals surface area contributed by atoms with Crippen LogP contribution in [0.5, 0.6) is 0 Å². The molecule has 0 bridgehead atoms. The van der Waals surface area contributed by atoms with Gasteiger partial charge in [0.15, 0.2) is 5.96 Å². The maximum atomic E-state index is 13.9. The van der Waals surface area contributed by atoms with Crippen LogP contribution < -0.4 is 15.8 Å². The van der Waals surface area contributed by atoms with Crippen molar-refractivity contribution in [2.45, 2.75) is 31.3 Å². The predicted octanol–water partition coefficient (Wildman–Crippen LogP) is 1.67. The molecule has 0 heterocycles. The first kappa shape index (κ1) is 24.3. The van der Waals surface area contributed by atoms with Crippen LogP contribution in [0, 0.1) is 12.7 Å². The van der Waals surface area contributed by atoms with Crippen LogP contribution in [0.1, 0.15) is 29.7 Å². The molecule has 10 heteroatoms. The number of hydrogen-bond acceptors (Lipinski definition) is 4. The second-order valence-electron chi connectivity index (χ2n) is 7.37. The zero-order valence-corrected chi connectivity index (χ0v) is 18.8. The van der Waals surface area contributed by atoms with E-state index in [1.54, 1.807) is 39.2 Å². The third-order valence-electron chi connectivity index (χ3n) is 4.63. The molecule has 0 radical (unpaired) electrons. The smallest absolute Gasteiger partial charge is 0.241 e. The Balaban J connectivity index is 2.18. The summed E-state index contributed by atoms with van der Waals surface area (Å²) in [6.07, 6.45) is 0. The molecule has 168 valence electrons. The Kier molecular flexibility index (Phi) is 8.12. The second kappa shape index (κ2) is 10.4. The summed E-state index contributed by atoms with van der Waals surface area (Å²) in [5, 5.41) is 11.3. The minimum atomic E-state index is -3.76. The van der Waals surface area contributed by atoms with E-state index in [4.69, 9.17) is 5.14 Å². The number of nitrogens with zero attached hydrogens (tertiary/aromatic N) is 2. The van der Waals surface area contributed by atoms with Crippen molar-refractivity contribution in [3.63, 3.8) is 0 Å². The van der Waals surface area contributed by atoms with Crippen molar-refractivity contribution >= 4 is 21.9 Å². The summed E-state index contributed by atoms with van der Waals surface area (Å²) < 4.78 is 36.7. The summed E-state index contributed by atoms with van der Waals surface area (Å²) in [7, 11) is -0.460. The van der Waals surface area contributed by atoms with Gasteiger partial charge in [-0.05, 0) is 48.7 Å². The highest BCUT2D eigenvalue weighted by Gasteiger charge is 2.12. The van der Waals surface area contributed by atoms with E-state index in [1.165, 1.54) is 23.1 Å². The van der Waals surface area contributed by atoms with Crippen molar-refractivity contribution < 1.29 is 17.6 Å². The summed E-state index contributed by atoms with van der Waals surface area (Å²) in [5.41, 5.74) is 2.04. The molecule has 2 aromatic rings. The molecule has 31 heavy (non-hydrogen) atoms. The van der Waals surface area contributed by atoms with Gasteiger partial charge in [0.1, 0.15) is 5.82 Å². The Hall–Kier alpha value is -2.98. The number of rotatable bonds is 7. The van der Waals surface area contributed by atoms with Gasteiger partial charge in [-0.25, -0.2) is 22.9 Å². The number of guanidine groups is 1. The van der Waals surface area contributed by atoms with Gasteiger partial charge < -0.3 is 15.5 Å². The van der Waals surface area contributed by atoms with E-state index < -0.39 is 10.0 Å². The summed E-state index contributed by atoms with van der Waals surface area (Å²) in [6, 6.07) is 10.8. The van der Waals surface area contributed by atoms with Crippen molar-refractivity contribution in [3.05, 3.63) is 65.0 Å². The first-order valence-corrected chi connectivity index (χ1v) is 11.1. The zero-order valence-electron chi connectivity index (χ0n) is 18.0. The van der Waals surface area contributed by atoms with E-state index in [2.05, 4.69) is 15.6 Å². The van der Waals surface area contributed by atoms with Gasteiger partial charge in [-0.1, -0.05) is 24.3 Å². The number of sulfonamides is 1. The van der Waals surface area contributed by atoms with E-state index in [0.717, 1.165) is 11.1 Å². The normalized spacial score (nSPS) is 12.9. The predicted molar refractivity (Wildman–Crippen MR) is 118 cm³/mol. The molecule has 0 spiro atoms. The van der Waals surface area contributed by atoms with Crippen LogP contribution in [0.3, 0.4) is 0 Å². The lowest BCUT2D eigenvalue weighted by atomic mass is 10.1. The van der Waals surface area contributed by atoms with Crippen LogP contribution >= 0.6 is 0 Å². The van der Waals surface area contributed by atoms with Crippen molar-refractivity contribution in [1.82, 2.24) is 15.5 Å². The number of carbonyl (C=O) groups is 1. The fraction of sp³-hybridized carbons (Fsp3) is 0.333. The number of nitrogens with one attached hydrogen (secondary N) is 2. The molecule has 0 fully saturated rings. The van der Waals surface area contributed by atoms with Gasteiger partial charge in [0.2, 0.25) is 15.9 Å². The number of primary sulfonamides is 1. The molecule has 0 aliphatic rings. The Labute approximate surface area is 182 Å². The molecule has 0 saturated carbocycles. The van der Waals surface area contributed by atoms with Crippen LogP contribution in [0.2, 0.25) is 0 Å². The van der Waals surface area contributed by atoms with Gasteiger partial charge >= 0.3 is 0 Å². The molecular formula is C21H28FN5O3S. The van der Waals surface area contributed by atoms with Crippen molar-refractivity contribution in [3.8, 4) is 0 Å². The maximum absolute atomic E-state index is 13.9. The summed E-state index contributed by atoms with van der Waals surface area (Å²) >= 11 is 0. The second-order valence-corrected chi connectivity index (χ2v) is 8.93. The number of hydrogen-bond donors (Lipinski definition) is 3. The number of halogens is 1. The average Bonchev–Trinajstić information content (AvgIpc) is 2.71. The SMILES string of the molecule is Cc1ccc(C(C)NC(=NCc2ccc(S(N)(=O)=O)cc2)NCC(=O)N(C)C)cc1F. The van der Waals surface area contributed by atoms with E-state index in [1.807, 2.05) is 13.0 Å². The van der Waals surface area contributed by atoms with Crippen LogP contribution in [0.15, 0.2) is 52.4 Å².